The van der Waals surface area contributed by atoms with E-state index in [9.17, 15) is 0 Å². The van der Waals surface area contributed by atoms with E-state index in [4.69, 9.17) is 0 Å². The summed E-state index contributed by atoms with van der Waals surface area (Å²) in [4.78, 5) is 7.20. The van der Waals surface area contributed by atoms with Crippen molar-refractivity contribution < 1.29 is 0 Å². The molecule has 0 aliphatic carbocycles. The lowest BCUT2D eigenvalue weighted by molar-refractivity contribution is 0.000637. The number of pyridine rings is 1. The maximum absolute atomic E-state index is 4.53. The van der Waals surface area contributed by atoms with Crippen molar-refractivity contribution in [3.63, 3.8) is 0 Å². The van der Waals surface area contributed by atoms with Gasteiger partial charge in [-0.25, -0.2) is 0 Å². The van der Waals surface area contributed by atoms with Crippen LogP contribution in [0.25, 0.3) is 0 Å². The monoisotopic (exact) mass is 289 g/mol. The smallest absolute Gasteiger partial charge is 0.0544 e. The minimum Gasteiger partial charge on any atom is -0.310 e. The van der Waals surface area contributed by atoms with E-state index in [1.54, 1.807) is 0 Å². The second kappa shape index (κ2) is 6.45. The first-order valence-corrected chi connectivity index (χ1v) is 8.29. The van der Waals surface area contributed by atoms with Gasteiger partial charge in [-0.05, 0) is 30.4 Å². The van der Waals surface area contributed by atoms with Crippen LogP contribution in [0.1, 0.15) is 53.2 Å². The zero-order valence-electron chi connectivity index (χ0n) is 14.3. The van der Waals surface area contributed by atoms with Crippen LogP contribution in [0.5, 0.6) is 0 Å². The van der Waals surface area contributed by atoms with Crippen LogP contribution in [-0.2, 0) is 6.54 Å². The Kier molecular flexibility index (Phi) is 5.05. The van der Waals surface area contributed by atoms with Crippen molar-refractivity contribution in [3.05, 3.63) is 30.1 Å². The molecule has 0 spiro atoms. The predicted octanol–water partition coefficient (Wildman–Crippen LogP) is 3.46. The number of aromatic nitrogens is 1. The van der Waals surface area contributed by atoms with Gasteiger partial charge < -0.3 is 5.32 Å². The third-order valence-corrected chi connectivity index (χ3v) is 5.19. The zero-order chi connectivity index (χ0) is 15.5. The Hall–Kier alpha value is -0.930. The van der Waals surface area contributed by atoms with E-state index < -0.39 is 0 Å². The first-order valence-electron chi connectivity index (χ1n) is 8.29. The summed E-state index contributed by atoms with van der Waals surface area (Å²) in [5, 5.41) is 3.81. The van der Waals surface area contributed by atoms with Gasteiger partial charge in [-0.2, -0.15) is 0 Å². The maximum Gasteiger partial charge on any atom is 0.0544 e. The van der Waals surface area contributed by atoms with E-state index in [1.807, 2.05) is 12.3 Å². The molecule has 21 heavy (non-hydrogen) atoms. The molecule has 1 fully saturated rings. The Morgan fingerprint density at radius 1 is 1.29 bits per heavy atom. The summed E-state index contributed by atoms with van der Waals surface area (Å²) in [6.07, 6.45) is 4.26. The molecule has 0 amide bonds. The molecular formula is C18H31N3. The van der Waals surface area contributed by atoms with Crippen molar-refractivity contribution in [3.8, 4) is 0 Å². The standard InChI is InChI=1S/C18H31N3/c1-6-18(7-2)14-20-16(17(3,4)5)13-21(18)12-15-10-8-9-11-19-15/h8-11,16,20H,6-7,12-14H2,1-5H3. The average molecular weight is 289 g/mol. The molecule has 1 saturated heterocycles. The van der Waals surface area contributed by atoms with Crippen molar-refractivity contribution in [2.24, 2.45) is 5.41 Å². The molecule has 0 aromatic carbocycles. The van der Waals surface area contributed by atoms with Crippen LogP contribution in [0.2, 0.25) is 0 Å². The Morgan fingerprint density at radius 3 is 2.52 bits per heavy atom. The Bertz CT molecular complexity index is 432. The van der Waals surface area contributed by atoms with Crippen LogP contribution in [0.3, 0.4) is 0 Å². The predicted molar refractivity (Wildman–Crippen MR) is 89.2 cm³/mol. The Labute approximate surface area is 130 Å². The van der Waals surface area contributed by atoms with Crippen LogP contribution in [0.15, 0.2) is 24.4 Å². The average Bonchev–Trinajstić information content (AvgIpc) is 2.47. The van der Waals surface area contributed by atoms with Crippen LogP contribution in [-0.4, -0.2) is 34.6 Å². The molecule has 1 unspecified atom stereocenters. The third kappa shape index (κ3) is 3.64. The molecule has 118 valence electrons. The molecule has 1 aromatic heterocycles. The topological polar surface area (TPSA) is 28.2 Å². The van der Waals surface area contributed by atoms with Crippen molar-refractivity contribution >= 4 is 0 Å². The fraction of sp³-hybridized carbons (Fsp3) is 0.722. The summed E-state index contributed by atoms with van der Waals surface area (Å²) in [5.74, 6) is 0. The first kappa shape index (κ1) is 16.4. The van der Waals surface area contributed by atoms with Crippen molar-refractivity contribution in [1.29, 1.82) is 0 Å². The van der Waals surface area contributed by atoms with Gasteiger partial charge in [-0.1, -0.05) is 40.7 Å². The van der Waals surface area contributed by atoms with E-state index >= 15 is 0 Å². The number of piperazine rings is 1. The molecule has 2 rings (SSSR count). The Balaban J connectivity index is 2.21. The third-order valence-electron chi connectivity index (χ3n) is 5.19. The van der Waals surface area contributed by atoms with E-state index in [-0.39, 0.29) is 11.0 Å². The van der Waals surface area contributed by atoms with Gasteiger partial charge in [0, 0.05) is 37.4 Å². The minimum absolute atomic E-state index is 0.263. The molecule has 2 heterocycles. The molecule has 1 aromatic rings. The highest BCUT2D eigenvalue weighted by Gasteiger charge is 2.41. The molecule has 1 aliphatic heterocycles. The van der Waals surface area contributed by atoms with Gasteiger partial charge in [0.05, 0.1) is 5.69 Å². The van der Waals surface area contributed by atoms with Crippen molar-refractivity contribution in [2.45, 2.75) is 65.6 Å². The molecule has 3 heteroatoms. The van der Waals surface area contributed by atoms with E-state index in [0.29, 0.717) is 6.04 Å². The first-order chi connectivity index (χ1) is 9.91. The van der Waals surface area contributed by atoms with Crippen LogP contribution in [0, 0.1) is 5.41 Å². The van der Waals surface area contributed by atoms with Gasteiger partial charge >= 0.3 is 0 Å². The summed E-state index contributed by atoms with van der Waals surface area (Å²) in [5.41, 5.74) is 1.73. The quantitative estimate of drug-likeness (QED) is 0.920. The van der Waals surface area contributed by atoms with Gasteiger partial charge in [0.25, 0.3) is 0 Å². The van der Waals surface area contributed by atoms with Crippen molar-refractivity contribution in [2.75, 3.05) is 13.1 Å². The van der Waals surface area contributed by atoms with Gasteiger partial charge in [-0.15, -0.1) is 0 Å². The summed E-state index contributed by atoms with van der Waals surface area (Å²) >= 11 is 0. The zero-order valence-corrected chi connectivity index (χ0v) is 14.3. The number of hydrogen-bond donors (Lipinski definition) is 1. The van der Waals surface area contributed by atoms with E-state index in [1.165, 1.54) is 18.5 Å². The molecule has 1 atom stereocenters. The lowest BCUT2D eigenvalue weighted by atomic mass is 9.80. The lowest BCUT2D eigenvalue weighted by Crippen LogP contribution is -2.66. The normalized spacial score (nSPS) is 23.2. The molecule has 0 radical (unpaired) electrons. The highest BCUT2D eigenvalue weighted by molar-refractivity contribution is 5.07. The Morgan fingerprint density at radius 2 is 2.00 bits per heavy atom. The van der Waals surface area contributed by atoms with E-state index in [2.05, 4.69) is 62.0 Å². The SMILES string of the molecule is CCC1(CC)CNC(C(C)(C)C)CN1Cc1ccccn1. The van der Waals surface area contributed by atoms with Crippen LogP contribution >= 0.6 is 0 Å². The molecule has 1 aliphatic rings. The highest BCUT2D eigenvalue weighted by Crippen LogP contribution is 2.32. The second-order valence-electron chi connectivity index (χ2n) is 7.43. The number of nitrogens with zero attached hydrogens (tertiary/aromatic N) is 2. The largest absolute Gasteiger partial charge is 0.310 e. The summed E-state index contributed by atoms with van der Waals surface area (Å²) in [6, 6.07) is 6.76. The molecule has 3 nitrogen and oxygen atoms in total. The molecule has 1 N–H and O–H groups in total. The summed E-state index contributed by atoms with van der Waals surface area (Å²) in [6.45, 7) is 14.7. The van der Waals surface area contributed by atoms with Gasteiger partial charge in [-0.3, -0.25) is 9.88 Å². The van der Waals surface area contributed by atoms with Gasteiger partial charge in [0.2, 0.25) is 0 Å². The molecule has 0 saturated carbocycles. The fourth-order valence-corrected chi connectivity index (χ4v) is 3.35. The van der Waals surface area contributed by atoms with Crippen LogP contribution < -0.4 is 5.32 Å². The fourth-order valence-electron chi connectivity index (χ4n) is 3.35. The van der Waals surface area contributed by atoms with Gasteiger partial charge in [0.15, 0.2) is 0 Å². The molecular weight excluding hydrogens is 258 g/mol. The lowest BCUT2D eigenvalue weighted by Gasteiger charge is -2.52. The molecule has 0 bridgehead atoms. The van der Waals surface area contributed by atoms with Gasteiger partial charge in [0.1, 0.15) is 0 Å². The summed E-state index contributed by atoms with van der Waals surface area (Å²) in [7, 11) is 0. The van der Waals surface area contributed by atoms with Crippen LogP contribution in [0.4, 0.5) is 0 Å². The van der Waals surface area contributed by atoms with E-state index in [0.717, 1.165) is 19.6 Å². The number of hydrogen-bond acceptors (Lipinski definition) is 3. The maximum atomic E-state index is 4.53. The number of rotatable bonds is 4. The highest BCUT2D eigenvalue weighted by atomic mass is 15.3. The van der Waals surface area contributed by atoms with Crippen molar-refractivity contribution in [1.82, 2.24) is 15.2 Å². The minimum atomic E-state index is 0.263. The number of nitrogens with one attached hydrogen (secondary N) is 1. The second-order valence-corrected chi connectivity index (χ2v) is 7.43. The summed E-state index contributed by atoms with van der Waals surface area (Å²) < 4.78 is 0.